The molecule has 0 spiro atoms. The van der Waals surface area contributed by atoms with Gasteiger partial charge in [0.15, 0.2) is 0 Å². The molecule has 0 saturated heterocycles. The van der Waals surface area contributed by atoms with Gasteiger partial charge in [-0.1, -0.05) is 24.3 Å². The lowest BCUT2D eigenvalue weighted by molar-refractivity contribution is 0.0698. The third kappa shape index (κ3) is 3.10. The van der Waals surface area contributed by atoms with Gasteiger partial charge in [0, 0.05) is 5.69 Å². The SMILES string of the molecule is C/C=C\C(CO)Nc1ccccc1C(=O)O. The van der Waals surface area contributed by atoms with Crippen LogP contribution in [0.2, 0.25) is 0 Å². The summed E-state index contributed by atoms with van der Waals surface area (Å²) in [6.45, 7) is 1.76. The first-order valence-corrected chi connectivity index (χ1v) is 5.01. The highest BCUT2D eigenvalue weighted by Gasteiger charge is 2.11. The molecule has 0 radical (unpaired) electrons. The van der Waals surface area contributed by atoms with Gasteiger partial charge in [-0.15, -0.1) is 0 Å². The molecule has 4 heteroatoms. The number of allylic oxidation sites excluding steroid dienone is 1. The normalized spacial score (nSPS) is 12.6. The fraction of sp³-hybridized carbons (Fsp3) is 0.250. The van der Waals surface area contributed by atoms with E-state index in [0.717, 1.165) is 0 Å². The summed E-state index contributed by atoms with van der Waals surface area (Å²) in [4.78, 5) is 10.9. The van der Waals surface area contributed by atoms with Crippen LogP contribution in [0.5, 0.6) is 0 Å². The number of para-hydroxylation sites is 1. The Morgan fingerprint density at radius 2 is 2.19 bits per heavy atom. The van der Waals surface area contributed by atoms with E-state index in [1.807, 2.05) is 6.92 Å². The highest BCUT2D eigenvalue weighted by atomic mass is 16.4. The number of carboxylic acid groups (broad SMARTS) is 1. The molecule has 4 nitrogen and oxygen atoms in total. The third-order valence-electron chi connectivity index (χ3n) is 2.12. The van der Waals surface area contributed by atoms with E-state index >= 15 is 0 Å². The number of anilines is 1. The van der Waals surface area contributed by atoms with Gasteiger partial charge < -0.3 is 15.5 Å². The third-order valence-corrected chi connectivity index (χ3v) is 2.12. The van der Waals surface area contributed by atoms with E-state index in [1.165, 1.54) is 6.07 Å². The van der Waals surface area contributed by atoms with E-state index in [0.29, 0.717) is 5.69 Å². The Balaban J connectivity index is 2.91. The molecule has 0 heterocycles. The molecule has 1 rings (SSSR count). The van der Waals surface area contributed by atoms with Crippen LogP contribution in [0.25, 0.3) is 0 Å². The molecule has 1 unspecified atom stereocenters. The summed E-state index contributed by atoms with van der Waals surface area (Å²) in [6.07, 6.45) is 3.58. The molecular weight excluding hydrogens is 206 g/mol. The van der Waals surface area contributed by atoms with Gasteiger partial charge in [0.1, 0.15) is 0 Å². The first kappa shape index (κ1) is 12.3. The van der Waals surface area contributed by atoms with Crippen LogP contribution in [-0.2, 0) is 0 Å². The molecule has 1 atom stereocenters. The average Bonchev–Trinajstić information content (AvgIpc) is 2.29. The Morgan fingerprint density at radius 1 is 1.50 bits per heavy atom. The maximum atomic E-state index is 10.9. The molecule has 16 heavy (non-hydrogen) atoms. The summed E-state index contributed by atoms with van der Waals surface area (Å²) in [7, 11) is 0. The zero-order chi connectivity index (χ0) is 12.0. The van der Waals surface area contributed by atoms with Crippen LogP contribution in [0.3, 0.4) is 0 Å². The number of rotatable bonds is 5. The summed E-state index contributed by atoms with van der Waals surface area (Å²) < 4.78 is 0. The second kappa shape index (κ2) is 5.92. The fourth-order valence-corrected chi connectivity index (χ4v) is 1.38. The van der Waals surface area contributed by atoms with Crippen molar-refractivity contribution in [1.82, 2.24) is 0 Å². The van der Waals surface area contributed by atoms with Gasteiger partial charge in [0.25, 0.3) is 0 Å². The molecule has 0 saturated carbocycles. The Kier molecular flexibility index (Phi) is 4.54. The van der Waals surface area contributed by atoms with Crippen LogP contribution < -0.4 is 5.32 Å². The van der Waals surface area contributed by atoms with Crippen molar-refractivity contribution in [2.45, 2.75) is 13.0 Å². The number of hydrogen-bond donors (Lipinski definition) is 3. The van der Waals surface area contributed by atoms with Gasteiger partial charge in [0.05, 0.1) is 18.2 Å². The van der Waals surface area contributed by atoms with Crippen LogP contribution >= 0.6 is 0 Å². The zero-order valence-corrected chi connectivity index (χ0v) is 9.05. The first-order valence-electron chi connectivity index (χ1n) is 5.01. The number of carboxylic acids is 1. The summed E-state index contributed by atoms with van der Waals surface area (Å²) in [6, 6.07) is 6.34. The Morgan fingerprint density at radius 3 is 2.75 bits per heavy atom. The van der Waals surface area contributed by atoms with Gasteiger partial charge in [0.2, 0.25) is 0 Å². The molecule has 0 amide bonds. The van der Waals surface area contributed by atoms with Crippen molar-refractivity contribution in [3.05, 3.63) is 42.0 Å². The molecule has 0 aliphatic carbocycles. The molecule has 0 fully saturated rings. The van der Waals surface area contributed by atoms with Gasteiger partial charge in [-0.3, -0.25) is 0 Å². The zero-order valence-electron chi connectivity index (χ0n) is 9.05. The maximum absolute atomic E-state index is 10.9. The topological polar surface area (TPSA) is 69.6 Å². The molecule has 1 aromatic carbocycles. The van der Waals surface area contributed by atoms with Crippen molar-refractivity contribution in [1.29, 1.82) is 0 Å². The van der Waals surface area contributed by atoms with Crippen LogP contribution in [0.15, 0.2) is 36.4 Å². The average molecular weight is 221 g/mol. The predicted octanol–water partition coefficient (Wildman–Crippen LogP) is 1.73. The fourth-order valence-electron chi connectivity index (χ4n) is 1.38. The molecule has 0 aliphatic heterocycles. The number of aliphatic hydroxyl groups is 1. The lowest BCUT2D eigenvalue weighted by Gasteiger charge is -2.15. The van der Waals surface area contributed by atoms with E-state index in [-0.39, 0.29) is 18.2 Å². The molecule has 3 N–H and O–H groups in total. The molecule has 0 bridgehead atoms. The molecule has 86 valence electrons. The van der Waals surface area contributed by atoms with Gasteiger partial charge in [-0.2, -0.15) is 0 Å². The minimum Gasteiger partial charge on any atom is -0.478 e. The number of benzene rings is 1. The van der Waals surface area contributed by atoms with Crippen LogP contribution in [0.4, 0.5) is 5.69 Å². The predicted molar refractivity (Wildman–Crippen MR) is 62.7 cm³/mol. The van der Waals surface area contributed by atoms with Crippen molar-refractivity contribution >= 4 is 11.7 Å². The van der Waals surface area contributed by atoms with Crippen molar-refractivity contribution < 1.29 is 15.0 Å². The van der Waals surface area contributed by atoms with E-state index in [4.69, 9.17) is 10.2 Å². The maximum Gasteiger partial charge on any atom is 0.337 e. The number of aromatic carboxylic acids is 1. The van der Waals surface area contributed by atoms with Crippen LogP contribution in [-0.4, -0.2) is 28.8 Å². The minimum absolute atomic E-state index is 0.0850. The Hall–Kier alpha value is -1.81. The Labute approximate surface area is 94.2 Å². The molecule has 0 aliphatic rings. The smallest absolute Gasteiger partial charge is 0.337 e. The number of aliphatic hydroxyl groups excluding tert-OH is 1. The van der Waals surface area contributed by atoms with Crippen molar-refractivity contribution in [3.63, 3.8) is 0 Å². The Bertz CT molecular complexity index is 388. The molecule has 0 aromatic heterocycles. The highest BCUT2D eigenvalue weighted by molar-refractivity contribution is 5.94. The minimum atomic E-state index is -0.986. The standard InChI is InChI=1S/C12H15NO3/c1-2-5-9(8-14)13-11-7-4-3-6-10(11)12(15)16/h2-7,9,13-14H,8H2,1H3,(H,15,16)/b5-2-. The van der Waals surface area contributed by atoms with E-state index < -0.39 is 5.97 Å². The quantitative estimate of drug-likeness (QED) is 0.662. The summed E-state index contributed by atoms with van der Waals surface area (Å²) in [5, 5.41) is 21.0. The van der Waals surface area contributed by atoms with E-state index in [1.54, 1.807) is 30.4 Å². The molecule has 1 aromatic rings. The number of hydrogen-bond acceptors (Lipinski definition) is 3. The van der Waals surface area contributed by atoms with E-state index in [9.17, 15) is 4.79 Å². The number of carbonyl (C=O) groups is 1. The molecular formula is C12H15NO3. The highest BCUT2D eigenvalue weighted by Crippen LogP contribution is 2.16. The summed E-state index contributed by atoms with van der Waals surface area (Å²) in [5.41, 5.74) is 0.706. The van der Waals surface area contributed by atoms with E-state index in [2.05, 4.69) is 5.32 Å². The second-order valence-corrected chi connectivity index (χ2v) is 3.31. The second-order valence-electron chi connectivity index (χ2n) is 3.31. The van der Waals surface area contributed by atoms with Gasteiger partial charge in [-0.25, -0.2) is 4.79 Å². The lowest BCUT2D eigenvalue weighted by Crippen LogP contribution is -2.22. The van der Waals surface area contributed by atoms with Crippen LogP contribution in [0, 0.1) is 0 Å². The monoisotopic (exact) mass is 221 g/mol. The summed E-state index contributed by atoms with van der Waals surface area (Å²) in [5.74, 6) is -0.986. The van der Waals surface area contributed by atoms with Crippen molar-refractivity contribution in [2.75, 3.05) is 11.9 Å². The lowest BCUT2D eigenvalue weighted by atomic mass is 10.1. The van der Waals surface area contributed by atoms with Crippen LogP contribution in [0.1, 0.15) is 17.3 Å². The summed E-state index contributed by atoms with van der Waals surface area (Å²) >= 11 is 0. The number of nitrogens with one attached hydrogen (secondary N) is 1. The largest absolute Gasteiger partial charge is 0.478 e. The van der Waals surface area contributed by atoms with Gasteiger partial charge in [-0.05, 0) is 19.1 Å². The van der Waals surface area contributed by atoms with Crippen molar-refractivity contribution in [2.24, 2.45) is 0 Å². The first-order chi connectivity index (χ1) is 7.69. The van der Waals surface area contributed by atoms with Gasteiger partial charge >= 0.3 is 5.97 Å². The van der Waals surface area contributed by atoms with Crippen molar-refractivity contribution in [3.8, 4) is 0 Å².